The number of rotatable bonds is 4. The lowest BCUT2D eigenvalue weighted by Crippen LogP contribution is -2.35. The van der Waals surface area contributed by atoms with Crippen LogP contribution in [0.1, 0.15) is 27.4 Å². The molecule has 0 saturated heterocycles. The molecule has 0 N–H and O–H groups in total. The lowest BCUT2D eigenvalue weighted by Gasteiger charge is -2.28. The topological polar surface area (TPSA) is 67.6 Å². The van der Waals surface area contributed by atoms with E-state index in [1.165, 1.54) is 5.56 Å². The largest absolute Gasteiger partial charge is 0.455 e. The molecule has 0 aliphatic carbocycles. The highest BCUT2D eigenvalue weighted by Gasteiger charge is 2.25. The summed E-state index contributed by atoms with van der Waals surface area (Å²) in [7, 11) is -3.51. The molecular weight excluding hydrogens is 362 g/mol. The van der Waals surface area contributed by atoms with Gasteiger partial charge in [0.15, 0.2) is 15.6 Å². The lowest BCUT2D eigenvalue weighted by molar-refractivity contribution is 0.0701. The number of furan rings is 1. The van der Waals surface area contributed by atoms with Crippen molar-refractivity contribution in [2.75, 3.05) is 6.54 Å². The van der Waals surface area contributed by atoms with E-state index in [2.05, 4.69) is 6.07 Å². The maximum absolute atomic E-state index is 12.7. The van der Waals surface area contributed by atoms with E-state index in [0.717, 1.165) is 12.0 Å². The summed E-state index contributed by atoms with van der Waals surface area (Å²) in [6.45, 7) is 1.15. The van der Waals surface area contributed by atoms with Crippen LogP contribution in [-0.2, 0) is 28.6 Å². The van der Waals surface area contributed by atoms with Crippen molar-refractivity contribution < 1.29 is 17.6 Å². The molecule has 0 atom stereocenters. The maximum atomic E-state index is 12.7. The molecule has 1 aliphatic rings. The first kappa shape index (κ1) is 17.5. The molecule has 0 bridgehead atoms. The molecule has 4 rings (SSSR count). The van der Waals surface area contributed by atoms with Gasteiger partial charge in [-0.15, -0.1) is 0 Å². The second kappa shape index (κ2) is 7.04. The number of sulfone groups is 1. The van der Waals surface area contributed by atoms with E-state index in [1.807, 2.05) is 18.2 Å². The van der Waals surface area contributed by atoms with Gasteiger partial charge in [-0.1, -0.05) is 42.5 Å². The van der Waals surface area contributed by atoms with Crippen molar-refractivity contribution in [2.45, 2.75) is 23.6 Å². The molecule has 1 aromatic heterocycles. The van der Waals surface area contributed by atoms with Gasteiger partial charge < -0.3 is 9.32 Å². The maximum Gasteiger partial charge on any atom is 0.289 e. The van der Waals surface area contributed by atoms with Gasteiger partial charge in [-0.3, -0.25) is 4.79 Å². The van der Waals surface area contributed by atoms with E-state index in [4.69, 9.17) is 4.42 Å². The molecule has 0 unspecified atom stereocenters. The molecule has 0 spiro atoms. The van der Waals surface area contributed by atoms with Gasteiger partial charge in [0.05, 0.1) is 4.90 Å². The average molecular weight is 381 g/mol. The minimum absolute atomic E-state index is 0.174. The Labute approximate surface area is 158 Å². The van der Waals surface area contributed by atoms with Crippen LogP contribution in [0.15, 0.2) is 76.0 Å². The standard InChI is InChI=1S/C21H19NO4S/c23-21(22-13-12-16-6-4-5-7-17(16)14-22)20-11-10-18(26-20)15-27(24,25)19-8-2-1-3-9-19/h1-11H,12-15H2. The zero-order valence-electron chi connectivity index (χ0n) is 14.7. The molecule has 2 heterocycles. The highest BCUT2D eigenvalue weighted by Crippen LogP contribution is 2.22. The number of hydrogen-bond donors (Lipinski definition) is 0. The van der Waals surface area contributed by atoms with E-state index >= 15 is 0 Å². The summed E-state index contributed by atoms with van der Waals surface area (Å²) in [5.41, 5.74) is 2.39. The molecule has 0 radical (unpaired) electrons. The van der Waals surface area contributed by atoms with Gasteiger partial charge in [0.1, 0.15) is 11.5 Å². The number of nitrogens with zero attached hydrogens (tertiary/aromatic N) is 1. The van der Waals surface area contributed by atoms with Gasteiger partial charge in [0, 0.05) is 13.1 Å². The Hall–Kier alpha value is -2.86. The summed E-state index contributed by atoms with van der Waals surface area (Å²) in [5, 5.41) is 0. The third kappa shape index (κ3) is 3.66. The minimum Gasteiger partial charge on any atom is -0.455 e. The van der Waals surface area contributed by atoms with Crippen molar-refractivity contribution in [2.24, 2.45) is 0 Å². The molecule has 138 valence electrons. The monoisotopic (exact) mass is 381 g/mol. The number of hydrogen-bond acceptors (Lipinski definition) is 4. The fraction of sp³-hybridized carbons (Fsp3) is 0.190. The fourth-order valence-electron chi connectivity index (χ4n) is 3.29. The molecule has 0 saturated carbocycles. The summed E-state index contributed by atoms with van der Waals surface area (Å²) in [6, 6.07) is 19.4. The van der Waals surface area contributed by atoms with Crippen molar-refractivity contribution in [3.63, 3.8) is 0 Å². The first-order chi connectivity index (χ1) is 13.0. The highest BCUT2D eigenvalue weighted by atomic mass is 32.2. The number of carbonyl (C=O) groups is 1. The van der Waals surface area contributed by atoms with Crippen LogP contribution in [0.2, 0.25) is 0 Å². The smallest absolute Gasteiger partial charge is 0.289 e. The summed E-state index contributed by atoms with van der Waals surface area (Å²) in [5.74, 6) is -0.0484. The fourth-order valence-corrected chi connectivity index (χ4v) is 4.56. The number of benzene rings is 2. The Bertz CT molecular complexity index is 1070. The quantitative estimate of drug-likeness (QED) is 0.694. The van der Waals surface area contributed by atoms with Crippen molar-refractivity contribution >= 4 is 15.7 Å². The van der Waals surface area contributed by atoms with Crippen LogP contribution in [0.3, 0.4) is 0 Å². The predicted molar refractivity (Wildman–Crippen MR) is 101 cm³/mol. The summed E-state index contributed by atoms with van der Waals surface area (Å²) in [6.07, 6.45) is 0.803. The van der Waals surface area contributed by atoms with E-state index < -0.39 is 9.84 Å². The highest BCUT2D eigenvalue weighted by molar-refractivity contribution is 7.90. The van der Waals surface area contributed by atoms with Crippen LogP contribution < -0.4 is 0 Å². The molecule has 2 aromatic carbocycles. The van der Waals surface area contributed by atoms with Crippen molar-refractivity contribution in [1.29, 1.82) is 0 Å². The Kier molecular flexibility index (Phi) is 4.58. The van der Waals surface area contributed by atoms with Crippen molar-refractivity contribution in [3.05, 3.63) is 89.4 Å². The number of amides is 1. The lowest BCUT2D eigenvalue weighted by atomic mass is 10.00. The molecule has 1 aliphatic heterocycles. The van der Waals surface area contributed by atoms with Crippen LogP contribution in [-0.4, -0.2) is 25.8 Å². The van der Waals surface area contributed by atoms with Crippen LogP contribution in [0.4, 0.5) is 0 Å². The zero-order chi connectivity index (χ0) is 18.9. The van der Waals surface area contributed by atoms with Gasteiger partial charge in [0.2, 0.25) is 0 Å². The van der Waals surface area contributed by atoms with Crippen LogP contribution in [0.5, 0.6) is 0 Å². The van der Waals surface area contributed by atoms with Gasteiger partial charge in [-0.2, -0.15) is 0 Å². The summed E-state index contributed by atoms with van der Waals surface area (Å²) in [4.78, 5) is 14.7. The SMILES string of the molecule is O=C(c1ccc(CS(=O)(=O)c2ccccc2)o1)N1CCc2ccccc2C1. The Balaban J connectivity index is 1.49. The molecule has 5 nitrogen and oxygen atoms in total. The molecule has 1 amide bonds. The third-order valence-electron chi connectivity index (χ3n) is 4.72. The summed E-state index contributed by atoms with van der Waals surface area (Å²) < 4.78 is 30.5. The third-order valence-corrected chi connectivity index (χ3v) is 6.38. The molecule has 3 aromatic rings. The Morgan fingerprint density at radius 1 is 0.926 bits per heavy atom. The number of fused-ring (bicyclic) bond motifs is 1. The normalized spacial score (nSPS) is 14.0. The van der Waals surface area contributed by atoms with Crippen molar-refractivity contribution in [1.82, 2.24) is 4.90 Å². The van der Waals surface area contributed by atoms with E-state index in [1.54, 1.807) is 47.4 Å². The van der Waals surface area contributed by atoms with E-state index in [0.29, 0.717) is 13.1 Å². The molecular formula is C21H19NO4S. The summed E-state index contributed by atoms with van der Waals surface area (Å²) >= 11 is 0. The molecule has 0 fully saturated rings. The second-order valence-electron chi connectivity index (χ2n) is 6.58. The predicted octanol–water partition coefficient (Wildman–Crippen LogP) is 3.45. The van der Waals surface area contributed by atoms with Gasteiger partial charge in [-0.25, -0.2) is 8.42 Å². The van der Waals surface area contributed by atoms with Crippen LogP contribution in [0.25, 0.3) is 0 Å². The molecule has 6 heteroatoms. The number of carbonyl (C=O) groups excluding carboxylic acids is 1. The Morgan fingerprint density at radius 3 is 2.41 bits per heavy atom. The first-order valence-electron chi connectivity index (χ1n) is 8.75. The second-order valence-corrected chi connectivity index (χ2v) is 8.57. The minimum atomic E-state index is -3.51. The first-order valence-corrected chi connectivity index (χ1v) is 10.4. The van der Waals surface area contributed by atoms with Gasteiger partial charge in [0.25, 0.3) is 5.91 Å². The van der Waals surface area contributed by atoms with Crippen molar-refractivity contribution in [3.8, 4) is 0 Å². The van der Waals surface area contributed by atoms with E-state index in [-0.39, 0.29) is 28.1 Å². The van der Waals surface area contributed by atoms with Gasteiger partial charge >= 0.3 is 0 Å². The van der Waals surface area contributed by atoms with Gasteiger partial charge in [-0.05, 0) is 41.8 Å². The Morgan fingerprint density at radius 2 is 1.63 bits per heavy atom. The molecule has 27 heavy (non-hydrogen) atoms. The average Bonchev–Trinajstić information content (AvgIpc) is 3.15. The van der Waals surface area contributed by atoms with E-state index in [9.17, 15) is 13.2 Å². The van der Waals surface area contributed by atoms with Crippen LogP contribution >= 0.6 is 0 Å². The zero-order valence-corrected chi connectivity index (χ0v) is 15.5. The van der Waals surface area contributed by atoms with Crippen LogP contribution in [0, 0.1) is 0 Å².